The molecule has 0 atom stereocenters. The first-order valence-corrected chi connectivity index (χ1v) is 8.29. The van der Waals surface area contributed by atoms with E-state index in [2.05, 4.69) is 17.4 Å². The highest BCUT2D eigenvalue weighted by molar-refractivity contribution is 7.10. The summed E-state index contributed by atoms with van der Waals surface area (Å²) >= 11 is 7.58. The molecule has 1 aromatic carbocycles. The van der Waals surface area contributed by atoms with Crippen molar-refractivity contribution >= 4 is 28.6 Å². The number of rotatable bonds is 5. The third-order valence-corrected chi connectivity index (χ3v) is 4.83. The summed E-state index contributed by atoms with van der Waals surface area (Å²) in [5, 5.41) is 6.16. The number of nitrogens with one attached hydrogen (secondary N) is 1. The quantitative estimate of drug-likeness (QED) is 0.805. The van der Waals surface area contributed by atoms with Crippen molar-refractivity contribution in [1.29, 1.82) is 0 Å². The van der Waals surface area contributed by atoms with E-state index in [9.17, 15) is 0 Å². The fourth-order valence-corrected chi connectivity index (χ4v) is 3.50. The fraction of sp³-hybridized carbons (Fsp3) is 0.375. The maximum atomic E-state index is 5.95. The van der Waals surface area contributed by atoms with Crippen LogP contribution in [0.15, 0.2) is 35.7 Å². The van der Waals surface area contributed by atoms with Crippen LogP contribution >= 0.6 is 22.9 Å². The van der Waals surface area contributed by atoms with Gasteiger partial charge in [0, 0.05) is 22.5 Å². The van der Waals surface area contributed by atoms with Gasteiger partial charge in [-0.15, -0.1) is 11.3 Å². The van der Waals surface area contributed by atoms with E-state index in [0.717, 1.165) is 23.0 Å². The molecule has 1 fully saturated rings. The summed E-state index contributed by atoms with van der Waals surface area (Å²) in [6.07, 6.45) is 5.40. The molecule has 1 aromatic heterocycles. The summed E-state index contributed by atoms with van der Waals surface area (Å²) < 4.78 is 5.95. The Morgan fingerprint density at radius 2 is 1.95 bits per heavy atom. The predicted molar refractivity (Wildman–Crippen MR) is 86.0 cm³/mol. The van der Waals surface area contributed by atoms with Gasteiger partial charge in [-0.25, -0.2) is 0 Å². The molecule has 0 amide bonds. The van der Waals surface area contributed by atoms with E-state index in [1.54, 1.807) is 11.3 Å². The molecule has 0 aliphatic heterocycles. The molecule has 1 N–H and O–H groups in total. The number of ether oxygens (including phenoxy) is 1. The van der Waals surface area contributed by atoms with Gasteiger partial charge in [-0.3, -0.25) is 0 Å². The van der Waals surface area contributed by atoms with Gasteiger partial charge in [0.2, 0.25) is 0 Å². The number of benzene rings is 1. The number of anilines is 1. The third kappa shape index (κ3) is 3.68. The molecule has 1 aliphatic carbocycles. The van der Waals surface area contributed by atoms with Gasteiger partial charge >= 0.3 is 0 Å². The highest BCUT2D eigenvalue weighted by atomic mass is 35.5. The van der Waals surface area contributed by atoms with Crippen molar-refractivity contribution in [2.75, 3.05) is 5.32 Å². The average molecular weight is 308 g/mol. The number of thiophene rings is 1. The molecular formula is C16H18ClNOS. The number of hydrogen-bond acceptors (Lipinski definition) is 3. The Kier molecular flexibility index (Phi) is 4.48. The van der Waals surface area contributed by atoms with Crippen LogP contribution in [0, 0.1) is 0 Å². The second-order valence-corrected chi connectivity index (χ2v) is 6.57. The lowest BCUT2D eigenvalue weighted by atomic mass is 10.2. The van der Waals surface area contributed by atoms with E-state index < -0.39 is 0 Å². The van der Waals surface area contributed by atoms with Crippen LogP contribution in [0.25, 0.3) is 0 Å². The van der Waals surface area contributed by atoms with Gasteiger partial charge in [0.1, 0.15) is 5.75 Å². The van der Waals surface area contributed by atoms with E-state index in [-0.39, 0.29) is 0 Å². The third-order valence-electron chi connectivity index (χ3n) is 3.55. The maximum absolute atomic E-state index is 5.95. The maximum Gasteiger partial charge on any atom is 0.119 e. The van der Waals surface area contributed by atoms with Crippen LogP contribution in [-0.2, 0) is 6.54 Å². The molecule has 1 aliphatic rings. The molecule has 2 aromatic rings. The van der Waals surface area contributed by atoms with Crippen LogP contribution in [-0.4, -0.2) is 6.10 Å². The molecule has 0 spiro atoms. The summed E-state index contributed by atoms with van der Waals surface area (Å²) in [6.45, 7) is 0.806. The molecule has 0 saturated heterocycles. The smallest absolute Gasteiger partial charge is 0.119 e. The van der Waals surface area contributed by atoms with Crippen molar-refractivity contribution in [3.8, 4) is 5.75 Å². The highest BCUT2D eigenvalue weighted by Crippen LogP contribution is 2.25. The lowest BCUT2D eigenvalue weighted by Gasteiger charge is -2.13. The van der Waals surface area contributed by atoms with Gasteiger partial charge < -0.3 is 10.1 Å². The van der Waals surface area contributed by atoms with Gasteiger partial charge in [0.15, 0.2) is 0 Å². The van der Waals surface area contributed by atoms with Gasteiger partial charge in [0.05, 0.1) is 11.1 Å². The van der Waals surface area contributed by atoms with Crippen molar-refractivity contribution in [1.82, 2.24) is 0 Å². The molecule has 0 radical (unpaired) electrons. The summed E-state index contributed by atoms with van der Waals surface area (Å²) in [5.41, 5.74) is 1.10. The Morgan fingerprint density at radius 3 is 2.60 bits per heavy atom. The zero-order valence-electron chi connectivity index (χ0n) is 11.3. The van der Waals surface area contributed by atoms with Crippen LogP contribution in [0.4, 0.5) is 5.69 Å². The van der Waals surface area contributed by atoms with Crippen molar-refractivity contribution in [2.45, 2.75) is 38.3 Å². The Morgan fingerprint density at radius 1 is 1.20 bits per heavy atom. The Bertz CT molecular complexity index is 546. The van der Waals surface area contributed by atoms with Crippen molar-refractivity contribution in [2.24, 2.45) is 0 Å². The lowest BCUT2D eigenvalue weighted by molar-refractivity contribution is 0.210. The highest BCUT2D eigenvalue weighted by Gasteiger charge is 2.16. The minimum Gasteiger partial charge on any atom is -0.490 e. The topological polar surface area (TPSA) is 21.3 Å². The molecule has 2 nitrogen and oxygen atoms in total. The molecule has 0 unspecified atom stereocenters. The van der Waals surface area contributed by atoms with Crippen LogP contribution in [0.1, 0.15) is 30.6 Å². The zero-order valence-corrected chi connectivity index (χ0v) is 12.8. The molecule has 106 valence electrons. The predicted octanol–water partition coefficient (Wildman–Crippen LogP) is 5.34. The number of hydrogen-bond donors (Lipinski definition) is 1. The molecule has 1 saturated carbocycles. The standard InChI is InChI=1S/C16H18ClNOS/c17-12-9-16(20-11-12)10-18-13-5-7-15(8-6-13)19-14-3-1-2-4-14/h5-9,11,14,18H,1-4,10H2. The van der Waals surface area contributed by atoms with E-state index in [0.29, 0.717) is 6.10 Å². The Hall–Kier alpha value is -1.19. The van der Waals surface area contributed by atoms with Crippen LogP contribution in [0.3, 0.4) is 0 Å². The largest absolute Gasteiger partial charge is 0.490 e. The van der Waals surface area contributed by atoms with Crippen LogP contribution in [0.5, 0.6) is 5.75 Å². The van der Waals surface area contributed by atoms with Crippen LogP contribution in [0.2, 0.25) is 5.02 Å². The first-order chi connectivity index (χ1) is 9.79. The van der Waals surface area contributed by atoms with Crippen molar-refractivity contribution in [3.63, 3.8) is 0 Å². The first-order valence-electron chi connectivity index (χ1n) is 7.03. The van der Waals surface area contributed by atoms with Gasteiger partial charge in [-0.2, -0.15) is 0 Å². The Balaban J connectivity index is 1.52. The monoisotopic (exact) mass is 307 g/mol. The summed E-state index contributed by atoms with van der Waals surface area (Å²) in [6, 6.07) is 10.2. The molecule has 4 heteroatoms. The molecular weight excluding hydrogens is 290 g/mol. The van der Waals surface area contributed by atoms with Crippen molar-refractivity contribution < 1.29 is 4.74 Å². The van der Waals surface area contributed by atoms with Gasteiger partial charge in [0.25, 0.3) is 0 Å². The number of halogens is 1. The lowest BCUT2D eigenvalue weighted by Crippen LogP contribution is -2.10. The Labute approximate surface area is 128 Å². The fourth-order valence-electron chi connectivity index (χ4n) is 2.49. The molecule has 0 bridgehead atoms. The minimum atomic E-state index is 0.419. The minimum absolute atomic E-state index is 0.419. The van der Waals surface area contributed by atoms with Gasteiger partial charge in [-0.05, 0) is 56.0 Å². The van der Waals surface area contributed by atoms with E-state index in [1.165, 1.54) is 30.6 Å². The van der Waals surface area contributed by atoms with E-state index in [1.807, 2.05) is 23.6 Å². The SMILES string of the molecule is Clc1csc(CNc2ccc(OC3CCCC3)cc2)c1. The zero-order chi connectivity index (χ0) is 13.8. The summed E-state index contributed by atoms with van der Waals surface area (Å²) in [5.74, 6) is 0.974. The van der Waals surface area contributed by atoms with Crippen molar-refractivity contribution in [3.05, 3.63) is 45.6 Å². The van der Waals surface area contributed by atoms with Gasteiger partial charge in [-0.1, -0.05) is 11.6 Å². The molecule has 3 rings (SSSR count). The molecule has 20 heavy (non-hydrogen) atoms. The van der Waals surface area contributed by atoms with Crippen LogP contribution < -0.4 is 10.1 Å². The normalized spacial score (nSPS) is 15.4. The first kappa shape index (κ1) is 13.8. The summed E-state index contributed by atoms with van der Waals surface area (Å²) in [4.78, 5) is 1.24. The average Bonchev–Trinajstić information content (AvgIpc) is 3.10. The second-order valence-electron chi connectivity index (χ2n) is 5.13. The van der Waals surface area contributed by atoms with E-state index >= 15 is 0 Å². The molecule has 1 heterocycles. The van der Waals surface area contributed by atoms with E-state index in [4.69, 9.17) is 16.3 Å². The summed E-state index contributed by atoms with van der Waals surface area (Å²) in [7, 11) is 0. The second kappa shape index (κ2) is 6.51.